The molecule has 108 valence electrons. The van der Waals surface area contributed by atoms with Crippen LogP contribution in [0.5, 0.6) is 0 Å². The second-order valence-corrected chi connectivity index (χ2v) is 6.56. The van der Waals surface area contributed by atoms with E-state index in [2.05, 4.69) is 5.16 Å². The van der Waals surface area contributed by atoms with Gasteiger partial charge in [0.15, 0.2) is 0 Å². The lowest BCUT2D eigenvalue weighted by Gasteiger charge is -2.23. The zero-order valence-corrected chi connectivity index (χ0v) is 13.0. The first-order chi connectivity index (χ1) is 9.56. The van der Waals surface area contributed by atoms with Gasteiger partial charge in [0.05, 0.1) is 4.88 Å². The maximum Gasteiger partial charge on any atom is 0.264 e. The fourth-order valence-electron chi connectivity index (χ4n) is 1.91. The second kappa shape index (κ2) is 6.23. The van der Waals surface area contributed by atoms with Crippen LogP contribution in [0.25, 0.3) is 9.40 Å². The van der Waals surface area contributed by atoms with Crippen molar-refractivity contribution in [3.63, 3.8) is 0 Å². The van der Waals surface area contributed by atoms with Gasteiger partial charge in [0, 0.05) is 28.4 Å². The first kappa shape index (κ1) is 14.8. The first-order valence-electron chi connectivity index (χ1n) is 6.30. The molecule has 1 unspecified atom stereocenters. The van der Waals surface area contributed by atoms with Crippen molar-refractivity contribution < 1.29 is 10.0 Å². The van der Waals surface area contributed by atoms with Gasteiger partial charge in [-0.2, -0.15) is 0 Å². The summed E-state index contributed by atoms with van der Waals surface area (Å²) in [6.45, 7) is 4.79. The van der Waals surface area contributed by atoms with Gasteiger partial charge >= 0.3 is 0 Å². The van der Waals surface area contributed by atoms with Gasteiger partial charge in [0.1, 0.15) is 5.84 Å². The van der Waals surface area contributed by atoms with Crippen molar-refractivity contribution in [1.29, 1.82) is 0 Å². The summed E-state index contributed by atoms with van der Waals surface area (Å²) in [5.74, 6) is -0.0353. The highest BCUT2D eigenvalue weighted by molar-refractivity contribution is 7.27. The van der Waals surface area contributed by atoms with Crippen LogP contribution in [-0.2, 0) is 0 Å². The van der Waals surface area contributed by atoms with Gasteiger partial charge in [0.2, 0.25) is 0 Å². The van der Waals surface area contributed by atoms with Crippen LogP contribution < -0.4 is 5.73 Å². The number of carbonyl (C=O) groups is 1. The maximum absolute atomic E-state index is 12.5. The Labute approximate surface area is 125 Å². The van der Waals surface area contributed by atoms with Crippen LogP contribution in [0.15, 0.2) is 22.7 Å². The van der Waals surface area contributed by atoms with Crippen LogP contribution in [0.1, 0.15) is 23.5 Å². The lowest BCUT2D eigenvalue weighted by atomic mass is 10.1. The Hall–Kier alpha value is -1.60. The molecule has 0 radical (unpaired) electrons. The van der Waals surface area contributed by atoms with Crippen molar-refractivity contribution in [3.05, 3.63) is 22.4 Å². The van der Waals surface area contributed by atoms with Crippen LogP contribution in [0.3, 0.4) is 0 Å². The number of nitrogens with two attached hydrogens (primary N) is 1. The Kier molecular flexibility index (Phi) is 4.61. The molecule has 1 atom stereocenters. The van der Waals surface area contributed by atoms with Crippen LogP contribution in [0.4, 0.5) is 0 Å². The fourth-order valence-corrected chi connectivity index (χ4v) is 3.98. The van der Waals surface area contributed by atoms with E-state index in [9.17, 15) is 4.79 Å². The molecule has 0 saturated carbocycles. The predicted molar refractivity (Wildman–Crippen MR) is 83.9 cm³/mol. The van der Waals surface area contributed by atoms with Crippen LogP contribution in [-0.4, -0.2) is 34.9 Å². The molecule has 0 saturated heterocycles. The quantitative estimate of drug-likeness (QED) is 0.386. The zero-order valence-electron chi connectivity index (χ0n) is 11.4. The molecule has 0 aromatic carbocycles. The SMILES string of the molecule is CCN(CC(C)/C(N)=N/O)C(=O)c1cc2sccc2s1. The van der Waals surface area contributed by atoms with Crippen LogP contribution in [0.2, 0.25) is 0 Å². The molecule has 0 bridgehead atoms. The van der Waals surface area contributed by atoms with Crippen molar-refractivity contribution in [2.75, 3.05) is 13.1 Å². The normalized spacial score (nSPS) is 13.6. The number of fused-ring (bicyclic) bond motifs is 1. The summed E-state index contributed by atoms with van der Waals surface area (Å²) in [4.78, 5) is 14.9. The number of hydrogen-bond donors (Lipinski definition) is 2. The number of nitrogens with zero attached hydrogens (tertiary/aromatic N) is 2. The molecular formula is C13H17N3O2S2. The van der Waals surface area contributed by atoms with E-state index in [4.69, 9.17) is 10.9 Å². The Morgan fingerprint density at radius 2 is 2.30 bits per heavy atom. The predicted octanol–water partition coefficient (Wildman–Crippen LogP) is 2.81. The average molecular weight is 311 g/mol. The van der Waals surface area contributed by atoms with Crippen molar-refractivity contribution in [2.24, 2.45) is 16.8 Å². The summed E-state index contributed by atoms with van der Waals surface area (Å²) in [5.41, 5.74) is 5.57. The highest BCUT2D eigenvalue weighted by atomic mass is 32.1. The average Bonchev–Trinajstić information content (AvgIpc) is 3.03. The molecule has 1 amide bonds. The molecule has 0 aliphatic rings. The van der Waals surface area contributed by atoms with Gasteiger partial charge in [-0.1, -0.05) is 12.1 Å². The van der Waals surface area contributed by atoms with Crippen molar-refractivity contribution >= 4 is 43.8 Å². The third-order valence-corrected chi connectivity index (χ3v) is 5.22. The summed E-state index contributed by atoms with van der Waals surface area (Å²) in [6.07, 6.45) is 0. The first-order valence-corrected chi connectivity index (χ1v) is 8.00. The summed E-state index contributed by atoms with van der Waals surface area (Å²) < 4.78 is 2.28. The molecule has 0 aliphatic carbocycles. The van der Waals surface area contributed by atoms with E-state index in [-0.39, 0.29) is 17.7 Å². The van der Waals surface area contributed by atoms with E-state index in [0.717, 1.165) is 14.3 Å². The minimum absolute atomic E-state index is 0.00140. The largest absolute Gasteiger partial charge is 0.409 e. The molecule has 2 heterocycles. The number of thiophene rings is 2. The van der Waals surface area contributed by atoms with Crippen molar-refractivity contribution in [3.8, 4) is 0 Å². The van der Waals surface area contributed by atoms with E-state index in [1.165, 1.54) is 11.3 Å². The molecular weight excluding hydrogens is 294 g/mol. The minimum atomic E-state index is -0.176. The minimum Gasteiger partial charge on any atom is -0.409 e. The molecule has 3 N–H and O–H groups in total. The van der Waals surface area contributed by atoms with E-state index >= 15 is 0 Å². The molecule has 0 spiro atoms. The molecule has 0 fully saturated rings. The Bertz CT molecular complexity index is 604. The van der Waals surface area contributed by atoms with Gasteiger partial charge in [-0.25, -0.2) is 0 Å². The highest BCUT2D eigenvalue weighted by Gasteiger charge is 2.20. The van der Waals surface area contributed by atoms with Gasteiger partial charge in [-0.05, 0) is 24.4 Å². The van der Waals surface area contributed by atoms with Crippen molar-refractivity contribution in [1.82, 2.24) is 4.90 Å². The third-order valence-electron chi connectivity index (χ3n) is 3.13. The van der Waals surface area contributed by atoms with Gasteiger partial charge < -0.3 is 15.8 Å². The van der Waals surface area contributed by atoms with E-state index in [1.54, 1.807) is 16.2 Å². The highest BCUT2D eigenvalue weighted by Crippen LogP contribution is 2.30. The molecule has 20 heavy (non-hydrogen) atoms. The lowest BCUT2D eigenvalue weighted by molar-refractivity contribution is 0.0759. The standard InChI is InChI=1S/C13H17N3O2S2/c1-3-16(7-8(2)12(14)15-18)13(17)11-6-10-9(20-11)4-5-19-10/h4-6,8,18H,3,7H2,1-2H3,(H2,14,15). The second-order valence-electron chi connectivity index (χ2n) is 4.53. The van der Waals surface area contributed by atoms with Crippen molar-refractivity contribution in [2.45, 2.75) is 13.8 Å². The van der Waals surface area contributed by atoms with Crippen LogP contribution in [0, 0.1) is 5.92 Å². The summed E-state index contributed by atoms with van der Waals surface area (Å²) >= 11 is 3.14. The van der Waals surface area contributed by atoms with Gasteiger partial charge in [-0.15, -0.1) is 22.7 Å². The summed E-state index contributed by atoms with van der Waals surface area (Å²) in [7, 11) is 0. The topological polar surface area (TPSA) is 78.9 Å². The van der Waals surface area contributed by atoms with E-state index in [0.29, 0.717) is 13.1 Å². The summed E-state index contributed by atoms with van der Waals surface area (Å²) in [6, 6.07) is 3.96. The zero-order chi connectivity index (χ0) is 14.7. The number of oxime groups is 1. The monoisotopic (exact) mass is 311 g/mol. The Balaban J connectivity index is 2.14. The van der Waals surface area contributed by atoms with Gasteiger partial charge in [-0.3, -0.25) is 4.79 Å². The molecule has 5 nitrogen and oxygen atoms in total. The molecule has 2 aromatic heterocycles. The van der Waals surface area contributed by atoms with Gasteiger partial charge in [0.25, 0.3) is 5.91 Å². The molecule has 2 rings (SSSR count). The van der Waals surface area contributed by atoms with E-state index in [1.807, 2.05) is 31.4 Å². The Morgan fingerprint density at radius 1 is 1.55 bits per heavy atom. The summed E-state index contributed by atoms with van der Waals surface area (Å²) in [5, 5.41) is 13.7. The number of amides is 1. The lowest BCUT2D eigenvalue weighted by Crippen LogP contribution is -2.38. The number of hydrogen-bond acceptors (Lipinski definition) is 5. The van der Waals surface area contributed by atoms with Crippen LogP contribution >= 0.6 is 22.7 Å². The molecule has 2 aromatic rings. The number of amidine groups is 1. The fraction of sp³-hybridized carbons (Fsp3) is 0.385. The smallest absolute Gasteiger partial charge is 0.264 e. The third kappa shape index (κ3) is 2.94. The number of carbonyl (C=O) groups excluding carboxylic acids is 1. The Morgan fingerprint density at radius 3 is 2.90 bits per heavy atom. The molecule has 7 heteroatoms. The molecule has 0 aliphatic heterocycles. The maximum atomic E-state index is 12.5. The number of rotatable bonds is 5. The van der Waals surface area contributed by atoms with E-state index < -0.39 is 0 Å².